The van der Waals surface area contributed by atoms with Crippen molar-refractivity contribution in [1.82, 2.24) is 0 Å². The van der Waals surface area contributed by atoms with Crippen LogP contribution in [0.4, 0.5) is 0 Å². The normalized spacial score (nSPS) is 28.4. The number of fused-ring (bicyclic) bond motifs is 3. The van der Waals surface area contributed by atoms with Gasteiger partial charge in [0.15, 0.2) is 0 Å². The fourth-order valence-corrected chi connectivity index (χ4v) is 3.25. The second-order valence-electron chi connectivity index (χ2n) is 5.47. The van der Waals surface area contributed by atoms with Crippen LogP contribution in [0.15, 0.2) is 29.8 Å². The van der Waals surface area contributed by atoms with Crippen molar-refractivity contribution < 1.29 is 19.1 Å². The van der Waals surface area contributed by atoms with Gasteiger partial charge in [0.2, 0.25) is 17.9 Å². The molecule has 0 bridgehead atoms. The maximum atomic E-state index is 12.3. The number of rotatable bonds is 0. The van der Waals surface area contributed by atoms with E-state index >= 15 is 0 Å². The molecule has 1 fully saturated rings. The summed E-state index contributed by atoms with van der Waals surface area (Å²) in [6.45, 7) is 0.693. The van der Waals surface area contributed by atoms with Crippen molar-refractivity contribution in [3.8, 4) is 0 Å². The van der Waals surface area contributed by atoms with Crippen LogP contribution in [0, 0.1) is 5.92 Å². The van der Waals surface area contributed by atoms with Crippen LogP contribution in [0.3, 0.4) is 0 Å². The molecule has 0 radical (unpaired) electrons. The first-order valence-corrected chi connectivity index (χ1v) is 6.95. The van der Waals surface area contributed by atoms with Crippen LogP contribution < -0.4 is 0 Å². The maximum Gasteiger partial charge on any atom is 0.234 e. The van der Waals surface area contributed by atoms with Gasteiger partial charge in [-0.15, -0.1) is 0 Å². The Labute approximate surface area is 116 Å². The topological polar surface area (TPSA) is 52.6 Å². The first-order valence-electron chi connectivity index (χ1n) is 6.95. The fraction of sp³-hybridized carbons (Fsp3) is 0.375. The molecular weight excluding hydrogens is 256 g/mol. The summed E-state index contributed by atoms with van der Waals surface area (Å²) >= 11 is 0. The molecular formula is C16H14O4. The summed E-state index contributed by atoms with van der Waals surface area (Å²) in [6.07, 6.45) is 2.26. The largest absolute Gasteiger partial charge is 0.464 e. The van der Waals surface area contributed by atoms with Gasteiger partial charge in [-0.1, -0.05) is 24.3 Å². The molecule has 0 spiro atoms. The van der Waals surface area contributed by atoms with Crippen molar-refractivity contribution in [3.05, 3.63) is 41.0 Å². The molecule has 1 aromatic rings. The van der Waals surface area contributed by atoms with Crippen LogP contribution >= 0.6 is 0 Å². The number of ketones is 2. The van der Waals surface area contributed by atoms with Crippen molar-refractivity contribution in [2.24, 2.45) is 5.92 Å². The van der Waals surface area contributed by atoms with Crippen molar-refractivity contribution in [2.45, 2.75) is 25.6 Å². The lowest BCUT2D eigenvalue weighted by molar-refractivity contribution is -0.162. The minimum Gasteiger partial charge on any atom is -0.464 e. The van der Waals surface area contributed by atoms with Gasteiger partial charge < -0.3 is 9.47 Å². The molecule has 0 unspecified atom stereocenters. The molecule has 1 aliphatic carbocycles. The lowest BCUT2D eigenvalue weighted by Crippen LogP contribution is -2.39. The number of benzene rings is 1. The van der Waals surface area contributed by atoms with Gasteiger partial charge in [-0.05, 0) is 19.3 Å². The molecule has 20 heavy (non-hydrogen) atoms. The highest BCUT2D eigenvalue weighted by Gasteiger charge is 2.42. The average Bonchev–Trinajstić information content (AvgIpc) is 2.51. The summed E-state index contributed by atoms with van der Waals surface area (Å²) in [5.74, 6) is -0.0984. The van der Waals surface area contributed by atoms with Gasteiger partial charge in [-0.3, -0.25) is 9.59 Å². The molecule has 4 rings (SSSR count). The molecule has 0 amide bonds. The van der Waals surface area contributed by atoms with E-state index in [1.54, 1.807) is 12.1 Å². The molecule has 0 saturated carbocycles. The van der Waals surface area contributed by atoms with E-state index in [9.17, 15) is 9.59 Å². The van der Waals surface area contributed by atoms with Crippen molar-refractivity contribution in [2.75, 3.05) is 6.61 Å². The Kier molecular flexibility index (Phi) is 2.54. The number of carbonyl (C=O) groups excluding carboxylic acids is 2. The number of hydrogen-bond donors (Lipinski definition) is 0. The molecule has 2 aliphatic heterocycles. The minimum atomic E-state index is -0.418. The number of Topliss-reactive ketones (excluding diaryl/α,β-unsaturated/α-hetero) is 2. The first kappa shape index (κ1) is 11.9. The summed E-state index contributed by atoms with van der Waals surface area (Å²) in [6, 6.07) is 7.12. The van der Waals surface area contributed by atoms with E-state index in [1.165, 1.54) is 0 Å². The van der Waals surface area contributed by atoms with E-state index < -0.39 is 11.6 Å². The molecule has 0 N–H and O–H groups in total. The quantitative estimate of drug-likeness (QED) is 0.679. The standard InChI is InChI=1S/C16H14O4/c17-13-10-5-1-2-6-11(10)15-12(14(13)18)8-9-4-3-7-19-16(9)20-15/h1-2,5-6,9,16H,3-4,7-8H2/t9-,16+/m0/s1. The number of ether oxygens (including phenoxy) is 2. The summed E-state index contributed by atoms with van der Waals surface area (Å²) in [5, 5.41) is 0. The maximum absolute atomic E-state index is 12.3. The highest BCUT2D eigenvalue weighted by atomic mass is 16.7. The predicted molar refractivity (Wildman–Crippen MR) is 70.9 cm³/mol. The van der Waals surface area contributed by atoms with Crippen molar-refractivity contribution in [1.29, 1.82) is 0 Å². The molecule has 4 nitrogen and oxygen atoms in total. The fourth-order valence-electron chi connectivity index (χ4n) is 3.25. The molecule has 1 aromatic carbocycles. The lowest BCUT2D eigenvalue weighted by Gasteiger charge is -2.38. The van der Waals surface area contributed by atoms with Crippen molar-refractivity contribution in [3.63, 3.8) is 0 Å². The molecule has 2 atom stereocenters. The third kappa shape index (κ3) is 1.58. The molecule has 2 heterocycles. The van der Waals surface area contributed by atoms with Gasteiger partial charge in [0.25, 0.3) is 0 Å². The van der Waals surface area contributed by atoms with Crippen LogP contribution in [0.5, 0.6) is 0 Å². The highest BCUT2D eigenvalue weighted by molar-refractivity contribution is 6.52. The second-order valence-corrected chi connectivity index (χ2v) is 5.47. The van der Waals surface area contributed by atoms with Gasteiger partial charge in [-0.25, -0.2) is 0 Å². The van der Waals surface area contributed by atoms with E-state index in [0.717, 1.165) is 18.4 Å². The minimum absolute atomic E-state index is 0.185. The van der Waals surface area contributed by atoms with Crippen LogP contribution in [0.25, 0.3) is 5.76 Å². The van der Waals surface area contributed by atoms with Gasteiger partial charge in [-0.2, -0.15) is 0 Å². The molecule has 0 aromatic heterocycles. The zero-order chi connectivity index (χ0) is 13.7. The zero-order valence-electron chi connectivity index (χ0n) is 10.9. The number of allylic oxidation sites excluding steroid dienone is 1. The Balaban J connectivity index is 1.85. The average molecular weight is 270 g/mol. The monoisotopic (exact) mass is 270 g/mol. The van der Waals surface area contributed by atoms with Gasteiger partial charge in [0, 0.05) is 22.6 Å². The summed E-state index contributed by atoms with van der Waals surface area (Å²) in [4.78, 5) is 24.4. The smallest absolute Gasteiger partial charge is 0.234 e. The van der Waals surface area contributed by atoms with Crippen LogP contribution in [-0.2, 0) is 14.3 Å². The Bertz CT molecular complexity index is 644. The van der Waals surface area contributed by atoms with Crippen LogP contribution in [0.2, 0.25) is 0 Å². The van der Waals surface area contributed by atoms with E-state index in [1.807, 2.05) is 12.1 Å². The van der Waals surface area contributed by atoms with E-state index in [0.29, 0.717) is 29.9 Å². The molecule has 102 valence electrons. The van der Waals surface area contributed by atoms with E-state index in [4.69, 9.17) is 9.47 Å². The SMILES string of the molecule is O=C1C(=O)c2ccccc2C2=C1C[C@@H]1CCCO[C@@H]1O2. The Morgan fingerprint density at radius 2 is 1.85 bits per heavy atom. The van der Waals surface area contributed by atoms with E-state index in [-0.39, 0.29) is 12.2 Å². The predicted octanol–water partition coefficient (Wildman–Crippen LogP) is 2.34. The third-order valence-electron chi connectivity index (χ3n) is 4.26. The Morgan fingerprint density at radius 1 is 1.05 bits per heavy atom. The molecule has 3 aliphatic rings. The van der Waals surface area contributed by atoms with Gasteiger partial charge >= 0.3 is 0 Å². The van der Waals surface area contributed by atoms with E-state index in [2.05, 4.69) is 0 Å². The number of hydrogen-bond acceptors (Lipinski definition) is 4. The second kappa shape index (κ2) is 4.28. The Morgan fingerprint density at radius 3 is 2.70 bits per heavy atom. The Hall–Kier alpha value is -1.94. The van der Waals surface area contributed by atoms with Crippen molar-refractivity contribution >= 4 is 17.3 Å². The van der Waals surface area contributed by atoms with Crippen LogP contribution in [-0.4, -0.2) is 24.5 Å². The van der Waals surface area contributed by atoms with Crippen LogP contribution in [0.1, 0.15) is 35.2 Å². The number of carbonyl (C=O) groups is 2. The molecule has 1 saturated heterocycles. The summed E-state index contributed by atoms with van der Waals surface area (Å²) < 4.78 is 11.6. The summed E-state index contributed by atoms with van der Waals surface area (Å²) in [5.41, 5.74) is 1.69. The lowest BCUT2D eigenvalue weighted by atomic mass is 9.81. The zero-order valence-corrected chi connectivity index (χ0v) is 10.9. The van der Waals surface area contributed by atoms with Gasteiger partial charge in [0.1, 0.15) is 5.76 Å². The van der Waals surface area contributed by atoms with Gasteiger partial charge in [0.05, 0.1) is 6.61 Å². The third-order valence-corrected chi connectivity index (χ3v) is 4.26. The summed E-state index contributed by atoms with van der Waals surface area (Å²) in [7, 11) is 0. The highest BCUT2D eigenvalue weighted by Crippen LogP contribution is 2.42. The first-order chi connectivity index (χ1) is 9.75. The molecule has 4 heteroatoms.